The lowest BCUT2D eigenvalue weighted by Gasteiger charge is -2.16. The van der Waals surface area contributed by atoms with Crippen LogP contribution in [0.25, 0.3) is 0 Å². The Morgan fingerprint density at radius 2 is 2.20 bits per heavy atom. The van der Waals surface area contributed by atoms with Crippen LogP contribution in [0.2, 0.25) is 5.02 Å². The van der Waals surface area contributed by atoms with Crippen LogP contribution in [0.1, 0.15) is 31.4 Å². The third-order valence-corrected chi connectivity index (χ3v) is 4.55. The van der Waals surface area contributed by atoms with Gasteiger partial charge in [0.05, 0.1) is 6.33 Å². The molecule has 106 valence electrons. The highest BCUT2D eigenvalue weighted by molar-refractivity contribution is 6.30. The first-order chi connectivity index (χ1) is 9.78. The van der Waals surface area contributed by atoms with Crippen molar-refractivity contribution in [1.29, 1.82) is 0 Å². The van der Waals surface area contributed by atoms with Gasteiger partial charge in [0.15, 0.2) is 0 Å². The number of halogens is 1. The molecule has 3 rings (SSSR count). The summed E-state index contributed by atoms with van der Waals surface area (Å²) in [6.07, 6.45) is 6.22. The number of hydrogen-bond donors (Lipinski definition) is 2. The molecule has 3 atom stereocenters. The van der Waals surface area contributed by atoms with E-state index in [1.807, 2.05) is 30.5 Å². The number of aromatic nitrogens is 2. The summed E-state index contributed by atoms with van der Waals surface area (Å²) >= 11 is 5.90. The van der Waals surface area contributed by atoms with Gasteiger partial charge in [-0.1, -0.05) is 24.9 Å². The fourth-order valence-electron chi connectivity index (χ4n) is 2.98. The number of imidazole rings is 1. The predicted octanol–water partition coefficient (Wildman–Crippen LogP) is 4.30. The van der Waals surface area contributed by atoms with Gasteiger partial charge in [0, 0.05) is 35.1 Å². The highest BCUT2D eigenvalue weighted by Gasteiger charge is 2.43. The van der Waals surface area contributed by atoms with Crippen molar-refractivity contribution in [3.05, 3.63) is 47.5 Å². The van der Waals surface area contributed by atoms with Crippen LogP contribution in [0.15, 0.2) is 36.8 Å². The van der Waals surface area contributed by atoms with Crippen LogP contribution in [0.5, 0.6) is 0 Å². The number of rotatable bonds is 6. The fourth-order valence-corrected chi connectivity index (χ4v) is 3.10. The summed E-state index contributed by atoms with van der Waals surface area (Å²) in [5, 5.41) is 4.31. The molecule has 20 heavy (non-hydrogen) atoms. The second kappa shape index (κ2) is 5.88. The van der Waals surface area contributed by atoms with Crippen molar-refractivity contribution < 1.29 is 0 Å². The van der Waals surface area contributed by atoms with Crippen molar-refractivity contribution in [2.75, 3.05) is 11.9 Å². The summed E-state index contributed by atoms with van der Waals surface area (Å²) in [5.74, 6) is 2.16. The van der Waals surface area contributed by atoms with E-state index < -0.39 is 0 Å². The summed E-state index contributed by atoms with van der Waals surface area (Å²) in [7, 11) is 0. The van der Waals surface area contributed by atoms with Crippen molar-refractivity contribution in [3.63, 3.8) is 0 Å². The minimum Gasteiger partial charge on any atom is -0.385 e. The molecule has 3 nitrogen and oxygen atoms in total. The molecular formula is C16H20ClN3. The molecule has 0 saturated heterocycles. The molecule has 0 unspecified atom stereocenters. The zero-order valence-corrected chi connectivity index (χ0v) is 12.4. The highest BCUT2D eigenvalue weighted by atomic mass is 35.5. The van der Waals surface area contributed by atoms with Crippen LogP contribution >= 0.6 is 11.6 Å². The largest absolute Gasteiger partial charge is 0.385 e. The molecule has 0 radical (unpaired) electrons. The quantitative estimate of drug-likeness (QED) is 0.832. The zero-order valence-electron chi connectivity index (χ0n) is 11.6. The molecule has 1 aliphatic rings. The SMILES string of the molecule is CC[C@@H](CNc1ccc(Cl)cc1)[C@@H]1C[C@H]1c1cnc[nH]1. The number of anilines is 1. The molecule has 0 aliphatic heterocycles. The number of hydrogen-bond acceptors (Lipinski definition) is 2. The maximum atomic E-state index is 5.90. The van der Waals surface area contributed by atoms with Crippen LogP contribution in [0.4, 0.5) is 5.69 Å². The van der Waals surface area contributed by atoms with Crippen LogP contribution in [0, 0.1) is 11.8 Å². The Kier molecular flexibility index (Phi) is 3.97. The molecular weight excluding hydrogens is 270 g/mol. The van der Waals surface area contributed by atoms with Crippen LogP contribution in [-0.4, -0.2) is 16.5 Å². The third-order valence-electron chi connectivity index (χ3n) is 4.30. The summed E-state index contributed by atoms with van der Waals surface area (Å²) in [6.45, 7) is 3.30. The fraction of sp³-hybridized carbons (Fsp3) is 0.438. The molecule has 1 fully saturated rings. The van der Waals surface area contributed by atoms with Crippen LogP contribution in [0.3, 0.4) is 0 Å². The number of nitrogens with zero attached hydrogens (tertiary/aromatic N) is 1. The number of aromatic amines is 1. The second-order valence-electron chi connectivity index (χ2n) is 5.57. The summed E-state index contributed by atoms with van der Waals surface area (Å²) in [6, 6.07) is 7.92. The molecule has 2 aromatic rings. The van der Waals surface area contributed by atoms with Gasteiger partial charge in [-0.15, -0.1) is 0 Å². The molecule has 1 aromatic carbocycles. The molecule has 1 heterocycles. The van der Waals surface area contributed by atoms with E-state index in [0.717, 1.165) is 23.2 Å². The smallest absolute Gasteiger partial charge is 0.0921 e. The van der Waals surface area contributed by atoms with Crippen LogP contribution < -0.4 is 5.32 Å². The summed E-state index contributed by atoms with van der Waals surface area (Å²) in [5.41, 5.74) is 2.44. The van der Waals surface area contributed by atoms with Gasteiger partial charge < -0.3 is 10.3 Å². The lowest BCUT2D eigenvalue weighted by Crippen LogP contribution is -2.16. The zero-order chi connectivity index (χ0) is 13.9. The predicted molar refractivity (Wildman–Crippen MR) is 83.2 cm³/mol. The van der Waals surface area contributed by atoms with Gasteiger partial charge in [-0.3, -0.25) is 0 Å². The Hall–Kier alpha value is -1.48. The van der Waals surface area contributed by atoms with E-state index in [-0.39, 0.29) is 0 Å². The van der Waals surface area contributed by atoms with E-state index >= 15 is 0 Å². The molecule has 4 heteroatoms. The molecule has 2 N–H and O–H groups in total. The van der Waals surface area contributed by atoms with Crippen molar-refractivity contribution in [2.24, 2.45) is 11.8 Å². The van der Waals surface area contributed by atoms with Gasteiger partial charge in [-0.05, 0) is 42.5 Å². The number of nitrogens with one attached hydrogen (secondary N) is 2. The molecule has 1 saturated carbocycles. The van der Waals surface area contributed by atoms with Gasteiger partial charge >= 0.3 is 0 Å². The Bertz CT molecular complexity index is 535. The van der Waals surface area contributed by atoms with E-state index in [1.165, 1.54) is 18.5 Å². The Morgan fingerprint density at radius 1 is 1.40 bits per heavy atom. The average Bonchev–Trinajstić information content (AvgIpc) is 3.06. The van der Waals surface area contributed by atoms with E-state index in [4.69, 9.17) is 11.6 Å². The van der Waals surface area contributed by atoms with Gasteiger partial charge in [0.25, 0.3) is 0 Å². The Balaban J connectivity index is 1.54. The maximum absolute atomic E-state index is 5.90. The first-order valence-corrected chi connectivity index (χ1v) is 7.63. The first kappa shape index (κ1) is 13.5. The van der Waals surface area contributed by atoms with Crippen molar-refractivity contribution in [1.82, 2.24) is 9.97 Å². The number of benzene rings is 1. The third kappa shape index (κ3) is 2.98. The van der Waals surface area contributed by atoms with Gasteiger partial charge in [0.1, 0.15) is 0 Å². The van der Waals surface area contributed by atoms with Crippen molar-refractivity contribution in [3.8, 4) is 0 Å². The first-order valence-electron chi connectivity index (χ1n) is 7.25. The van der Waals surface area contributed by atoms with Crippen molar-refractivity contribution >= 4 is 17.3 Å². The average molecular weight is 290 g/mol. The molecule has 0 spiro atoms. The van der Waals surface area contributed by atoms with E-state index in [2.05, 4.69) is 22.2 Å². The minimum absolute atomic E-state index is 0.675. The summed E-state index contributed by atoms with van der Waals surface area (Å²) < 4.78 is 0. The summed E-state index contributed by atoms with van der Waals surface area (Å²) in [4.78, 5) is 7.36. The normalized spacial score (nSPS) is 22.5. The Labute approximate surface area is 124 Å². The lowest BCUT2D eigenvalue weighted by atomic mass is 9.98. The molecule has 0 bridgehead atoms. The van der Waals surface area contributed by atoms with Crippen molar-refractivity contribution in [2.45, 2.75) is 25.7 Å². The van der Waals surface area contributed by atoms with Gasteiger partial charge in [-0.2, -0.15) is 0 Å². The second-order valence-corrected chi connectivity index (χ2v) is 6.01. The van der Waals surface area contributed by atoms with Gasteiger partial charge in [0.2, 0.25) is 0 Å². The molecule has 1 aromatic heterocycles. The van der Waals surface area contributed by atoms with Crippen LogP contribution in [-0.2, 0) is 0 Å². The highest BCUT2D eigenvalue weighted by Crippen LogP contribution is 2.52. The maximum Gasteiger partial charge on any atom is 0.0921 e. The molecule has 1 aliphatic carbocycles. The number of H-pyrrole nitrogens is 1. The standard InChI is InChI=1S/C16H20ClN3/c1-2-11(8-19-13-5-3-12(17)4-6-13)14-7-15(14)16-9-18-10-20-16/h3-6,9-11,14-15,19H,2,7-8H2,1H3,(H,18,20)/t11-,14-,15+/m0/s1. The van der Waals surface area contributed by atoms with E-state index in [0.29, 0.717) is 11.8 Å². The van der Waals surface area contributed by atoms with E-state index in [1.54, 1.807) is 6.33 Å². The minimum atomic E-state index is 0.675. The Morgan fingerprint density at radius 3 is 2.85 bits per heavy atom. The monoisotopic (exact) mass is 289 g/mol. The van der Waals surface area contributed by atoms with E-state index in [9.17, 15) is 0 Å². The van der Waals surface area contributed by atoms with Gasteiger partial charge in [-0.25, -0.2) is 4.98 Å². The topological polar surface area (TPSA) is 40.7 Å². The molecule has 0 amide bonds. The lowest BCUT2D eigenvalue weighted by molar-refractivity contribution is 0.460.